The number of aryl methyl sites for hydroxylation is 1. The summed E-state index contributed by atoms with van der Waals surface area (Å²) >= 11 is 0. The van der Waals surface area contributed by atoms with E-state index in [0.29, 0.717) is 11.8 Å². The summed E-state index contributed by atoms with van der Waals surface area (Å²) < 4.78 is 28.2. The van der Waals surface area contributed by atoms with Gasteiger partial charge in [-0.2, -0.15) is 0 Å². The number of amides is 2. The average Bonchev–Trinajstić information content (AvgIpc) is 2.79. The lowest BCUT2D eigenvalue weighted by atomic mass is 10.2. The molecule has 112 valence electrons. The van der Waals surface area contributed by atoms with Crippen molar-refractivity contribution in [2.75, 3.05) is 10.6 Å². The van der Waals surface area contributed by atoms with Crippen molar-refractivity contribution in [2.45, 2.75) is 0 Å². The Balaban J connectivity index is 1.81. The zero-order valence-electron chi connectivity index (χ0n) is 11.7. The number of rotatable bonds is 2. The van der Waals surface area contributed by atoms with E-state index in [4.69, 9.17) is 0 Å². The Morgan fingerprint density at radius 2 is 1.77 bits per heavy atom. The summed E-state index contributed by atoms with van der Waals surface area (Å²) in [6, 6.07) is 9.95. The highest BCUT2D eigenvalue weighted by Gasteiger charge is 2.11. The normalized spacial score (nSPS) is 10.7. The molecule has 3 rings (SSSR count). The van der Waals surface area contributed by atoms with Gasteiger partial charge in [0.25, 0.3) is 0 Å². The Labute approximate surface area is 125 Å². The predicted octanol–water partition coefficient (Wildman–Crippen LogP) is 4.10. The Bertz CT molecular complexity index is 858. The molecule has 2 aromatic carbocycles. The number of halogens is 2. The SMILES string of the molecule is Cn1cc(NC(=O)Nc2ccc(F)cc2F)c2ccccc21. The van der Waals surface area contributed by atoms with Crippen molar-refractivity contribution in [1.29, 1.82) is 0 Å². The van der Waals surface area contributed by atoms with Crippen molar-refractivity contribution in [2.24, 2.45) is 7.05 Å². The maximum atomic E-state index is 13.5. The molecule has 2 amide bonds. The van der Waals surface area contributed by atoms with E-state index >= 15 is 0 Å². The Hall–Kier alpha value is -2.89. The van der Waals surface area contributed by atoms with Gasteiger partial charge in [0.05, 0.1) is 11.4 Å². The second-order valence-electron chi connectivity index (χ2n) is 4.87. The van der Waals surface area contributed by atoms with Crippen LogP contribution < -0.4 is 10.6 Å². The number of urea groups is 1. The van der Waals surface area contributed by atoms with Gasteiger partial charge in [0.2, 0.25) is 0 Å². The third-order valence-electron chi connectivity index (χ3n) is 3.32. The van der Waals surface area contributed by atoms with Crippen molar-refractivity contribution >= 4 is 28.3 Å². The number of hydrogen-bond donors (Lipinski definition) is 2. The zero-order chi connectivity index (χ0) is 15.7. The molecule has 4 nitrogen and oxygen atoms in total. The van der Waals surface area contributed by atoms with E-state index in [0.717, 1.165) is 17.0 Å². The number of aromatic nitrogens is 1. The molecule has 0 aliphatic heterocycles. The van der Waals surface area contributed by atoms with Gasteiger partial charge in [0, 0.05) is 30.2 Å². The summed E-state index contributed by atoms with van der Waals surface area (Å²) in [5.74, 6) is -1.52. The zero-order valence-corrected chi connectivity index (χ0v) is 11.7. The highest BCUT2D eigenvalue weighted by molar-refractivity contribution is 6.06. The van der Waals surface area contributed by atoms with Crippen LogP contribution in [0.2, 0.25) is 0 Å². The summed E-state index contributed by atoms with van der Waals surface area (Å²) in [5.41, 5.74) is 1.49. The van der Waals surface area contributed by atoms with Crippen molar-refractivity contribution in [3.63, 3.8) is 0 Å². The lowest BCUT2D eigenvalue weighted by molar-refractivity contribution is 0.262. The van der Waals surface area contributed by atoms with Gasteiger partial charge >= 0.3 is 6.03 Å². The summed E-state index contributed by atoms with van der Waals surface area (Å²) in [5, 5.41) is 5.90. The minimum atomic E-state index is -0.826. The first-order valence-corrected chi connectivity index (χ1v) is 6.62. The van der Waals surface area contributed by atoms with Gasteiger partial charge in [-0.3, -0.25) is 0 Å². The average molecular weight is 301 g/mol. The summed E-state index contributed by atoms with van der Waals surface area (Å²) in [6.45, 7) is 0. The highest BCUT2D eigenvalue weighted by atomic mass is 19.1. The number of nitrogens with one attached hydrogen (secondary N) is 2. The monoisotopic (exact) mass is 301 g/mol. The van der Waals surface area contributed by atoms with Crippen LogP contribution in [-0.4, -0.2) is 10.6 Å². The van der Waals surface area contributed by atoms with E-state index in [9.17, 15) is 13.6 Å². The standard InChI is InChI=1S/C16H13F2N3O/c1-21-9-14(11-4-2-3-5-15(11)21)20-16(22)19-13-7-6-10(17)8-12(13)18/h2-9H,1H3,(H2,19,20,22). The number of fused-ring (bicyclic) bond motifs is 1. The van der Waals surface area contributed by atoms with Gasteiger partial charge < -0.3 is 15.2 Å². The molecule has 2 N–H and O–H groups in total. The second kappa shape index (κ2) is 5.48. The van der Waals surface area contributed by atoms with Crippen LogP contribution in [0.25, 0.3) is 10.9 Å². The number of para-hydroxylation sites is 1. The van der Waals surface area contributed by atoms with Crippen LogP contribution >= 0.6 is 0 Å². The van der Waals surface area contributed by atoms with E-state index in [1.165, 1.54) is 6.07 Å². The summed E-state index contributed by atoms with van der Waals surface area (Å²) in [6.07, 6.45) is 1.77. The first kappa shape index (κ1) is 14.1. The third-order valence-corrected chi connectivity index (χ3v) is 3.32. The Kier molecular flexibility index (Phi) is 3.50. The van der Waals surface area contributed by atoms with E-state index in [-0.39, 0.29) is 5.69 Å². The molecule has 0 unspecified atom stereocenters. The van der Waals surface area contributed by atoms with Crippen LogP contribution in [0, 0.1) is 11.6 Å². The maximum absolute atomic E-state index is 13.5. The molecule has 22 heavy (non-hydrogen) atoms. The largest absolute Gasteiger partial charge is 0.348 e. The van der Waals surface area contributed by atoms with Crippen LogP contribution in [0.3, 0.4) is 0 Å². The van der Waals surface area contributed by atoms with Crippen LogP contribution in [0.5, 0.6) is 0 Å². The molecule has 0 spiro atoms. The van der Waals surface area contributed by atoms with Crippen LogP contribution in [0.15, 0.2) is 48.7 Å². The molecule has 1 heterocycles. The molecular weight excluding hydrogens is 288 g/mol. The minimum Gasteiger partial charge on any atom is -0.348 e. The van der Waals surface area contributed by atoms with E-state index in [1.807, 2.05) is 35.9 Å². The van der Waals surface area contributed by atoms with Gasteiger partial charge in [-0.05, 0) is 18.2 Å². The van der Waals surface area contributed by atoms with Crippen molar-refractivity contribution < 1.29 is 13.6 Å². The molecule has 0 saturated heterocycles. The van der Waals surface area contributed by atoms with Crippen LogP contribution in [-0.2, 0) is 7.05 Å². The summed E-state index contributed by atoms with van der Waals surface area (Å²) in [7, 11) is 1.87. The molecule has 0 aliphatic rings. The number of hydrogen-bond acceptors (Lipinski definition) is 1. The molecule has 3 aromatic rings. The third kappa shape index (κ3) is 2.63. The highest BCUT2D eigenvalue weighted by Crippen LogP contribution is 2.25. The fourth-order valence-electron chi connectivity index (χ4n) is 2.31. The van der Waals surface area contributed by atoms with Gasteiger partial charge in [0.15, 0.2) is 0 Å². The number of carbonyl (C=O) groups is 1. The second-order valence-corrected chi connectivity index (χ2v) is 4.87. The molecule has 0 atom stereocenters. The van der Waals surface area contributed by atoms with Crippen molar-refractivity contribution in [1.82, 2.24) is 4.57 Å². The van der Waals surface area contributed by atoms with Gasteiger partial charge in [-0.25, -0.2) is 13.6 Å². The molecule has 1 aromatic heterocycles. The van der Waals surface area contributed by atoms with Crippen molar-refractivity contribution in [3.05, 3.63) is 60.3 Å². The van der Waals surface area contributed by atoms with E-state index in [2.05, 4.69) is 10.6 Å². The van der Waals surface area contributed by atoms with E-state index in [1.54, 1.807) is 6.20 Å². The topological polar surface area (TPSA) is 46.1 Å². The number of anilines is 2. The first-order valence-electron chi connectivity index (χ1n) is 6.62. The fraction of sp³-hybridized carbons (Fsp3) is 0.0625. The quantitative estimate of drug-likeness (QED) is 0.735. The lowest BCUT2D eigenvalue weighted by Crippen LogP contribution is -2.20. The molecule has 0 bridgehead atoms. The predicted molar refractivity (Wildman–Crippen MR) is 81.9 cm³/mol. The molecule has 0 fully saturated rings. The molecule has 0 saturated carbocycles. The molecule has 0 aliphatic carbocycles. The number of nitrogens with zero attached hydrogens (tertiary/aromatic N) is 1. The lowest BCUT2D eigenvalue weighted by Gasteiger charge is -2.07. The van der Waals surface area contributed by atoms with Gasteiger partial charge in [-0.1, -0.05) is 18.2 Å². The van der Waals surface area contributed by atoms with Gasteiger partial charge in [0.1, 0.15) is 11.6 Å². The Morgan fingerprint density at radius 3 is 2.55 bits per heavy atom. The Morgan fingerprint density at radius 1 is 1.05 bits per heavy atom. The van der Waals surface area contributed by atoms with Crippen LogP contribution in [0.1, 0.15) is 0 Å². The van der Waals surface area contributed by atoms with Crippen LogP contribution in [0.4, 0.5) is 25.0 Å². The fourth-order valence-corrected chi connectivity index (χ4v) is 2.31. The van der Waals surface area contributed by atoms with Gasteiger partial charge in [-0.15, -0.1) is 0 Å². The first-order chi connectivity index (χ1) is 10.5. The summed E-state index contributed by atoms with van der Waals surface area (Å²) in [4.78, 5) is 12.0. The number of carbonyl (C=O) groups excluding carboxylic acids is 1. The van der Waals surface area contributed by atoms with E-state index < -0.39 is 17.7 Å². The molecule has 0 radical (unpaired) electrons. The minimum absolute atomic E-state index is 0.0841. The maximum Gasteiger partial charge on any atom is 0.323 e. The number of benzene rings is 2. The smallest absolute Gasteiger partial charge is 0.323 e. The van der Waals surface area contributed by atoms with Crippen molar-refractivity contribution in [3.8, 4) is 0 Å². The molecular formula is C16H13F2N3O. The molecule has 6 heteroatoms.